The first-order valence-corrected chi connectivity index (χ1v) is 7.51. The Labute approximate surface area is 127 Å². The number of nitrogens with one attached hydrogen (secondary N) is 1. The molecule has 0 spiro atoms. The molecule has 0 atom stereocenters. The Kier molecular flexibility index (Phi) is 5.31. The summed E-state index contributed by atoms with van der Waals surface area (Å²) in [7, 11) is 0. The normalized spacial score (nSPS) is 11.2. The van der Waals surface area contributed by atoms with E-state index in [1.807, 2.05) is 12.3 Å². The van der Waals surface area contributed by atoms with Crippen LogP contribution in [0.4, 0.5) is 4.39 Å². The summed E-state index contributed by atoms with van der Waals surface area (Å²) in [6.45, 7) is 6.48. The zero-order chi connectivity index (χ0) is 14.5. The van der Waals surface area contributed by atoms with Gasteiger partial charge in [-0.15, -0.1) is 0 Å². The number of benzene rings is 1. The molecule has 0 radical (unpaired) electrons. The number of hydrogen-bond donors (Lipinski definition) is 1. The van der Waals surface area contributed by atoms with E-state index in [1.165, 1.54) is 6.07 Å². The molecule has 1 heterocycles. The standard InChI is InChI=1S/C15H19BrFN3/c1-11(2)8-18-9-14-5-6-20(19-14)10-12-7-13(16)3-4-15(12)17/h3-7,11,18H,8-10H2,1-2H3. The highest BCUT2D eigenvalue weighted by molar-refractivity contribution is 9.10. The number of nitrogens with zero attached hydrogens (tertiary/aromatic N) is 2. The predicted molar refractivity (Wildman–Crippen MR) is 82.0 cm³/mol. The molecule has 0 fully saturated rings. The van der Waals surface area contributed by atoms with Crippen LogP contribution in [0.2, 0.25) is 0 Å². The molecule has 0 aliphatic heterocycles. The monoisotopic (exact) mass is 339 g/mol. The van der Waals surface area contributed by atoms with Crippen molar-refractivity contribution in [3.8, 4) is 0 Å². The minimum atomic E-state index is -0.205. The van der Waals surface area contributed by atoms with Gasteiger partial charge in [-0.3, -0.25) is 4.68 Å². The molecule has 2 aromatic rings. The minimum absolute atomic E-state index is 0.205. The van der Waals surface area contributed by atoms with E-state index < -0.39 is 0 Å². The van der Waals surface area contributed by atoms with Gasteiger partial charge in [0.1, 0.15) is 5.82 Å². The van der Waals surface area contributed by atoms with Crippen molar-refractivity contribution in [3.05, 3.63) is 52.0 Å². The van der Waals surface area contributed by atoms with Crippen LogP contribution < -0.4 is 5.32 Å². The Morgan fingerprint density at radius 2 is 2.15 bits per heavy atom. The van der Waals surface area contributed by atoms with Crippen LogP contribution >= 0.6 is 15.9 Å². The van der Waals surface area contributed by atoms with Crippen LogP contribution in [0.3, 0.4) is 0 Å². The lowest BCUT2D eigenvalue weighted by Crippen LogP contribution is -2.19. The molecule has 2 rings (SSSR count). The molecule has 0 saturated carbocycles. The largest absolute Gasteiger partial charge is 0.311 e. The first kappa shape index (κ1) is 15.2. The maximum Gasteiger partial charge on any atom is 0.128 e. The lowest BCUT2D eigenvalue weighted by molar-refractivity contribution is 0.540. The van der Waals surface area contributed by atoms with E-state index in [-0.39, 0.29) is 5.82 Å². The van der Waals surface area contributed by atoms with E-state index in [9.17, 15) is 4.39 Å². The van der Waals surface area contributed by atoms with E-state index >= 15 is 0 Å². The van der Waals surface area contributed by atoms with Gasteiger partial charge in [-0.05, 0) is 36.7 Å². The third-order valence-corrected chi connectivity index (χ3v) is 3.39. The van der Waals surface area contributed by atoms with Crippen molar-refractivity contribution in [1.82, 2.24) is 15.1 Å². The molecule has 0 saturated heterocycles. The van der Waals surface area contributed by atoms with Gasteiger partial charge in [0.2, 0.25) is 0 Å². The van der Waals surface area contributed by atoms with Gasteiger partial charge in [0, 0.05) is 22.8 Å². The van der Waals surface area contributed by atoms with Crippen molar-refractivity contribution < 1.29 is 4.39 Å². The van der Waals surface area contributed by atoms with Gasteiger partial charge < -0.3 is 5.32 Å². The van der Waals surface area contributed by atoms with Gasteiger partial charge in [-0.2, -0.15) is 5.10 Å². The second-order valence-corrected chi connectivity index (χ2v) is 6.18. The molecule has 1 aromatic carbocycles. The fourth-order valence-corrected chi connectivity index (χ4v) is 2.32. The van der Waals surface area contributed by atoms with Gasteiger partial charge in [-0.25, -0.2) is 4.39 Å². The third-order valence-electron chi connectivity index (χ3n) is 2.89. The average molecular weight is 340 g/mol. The highest BCUT2D eigenvalue weighted by Gasteiger charge is 2.05. The SMILES string of the molecule is CC(C)CNCc1ccn(Cc2cc(Br)ccc2F)n1. The molecule has 0 aliphatic rings. The quantitative estimate of drug-likeness (QED) is 0.871. The second kappa shape index (κ2) is 6.99. The van der Waals surface area contributed by atoms with Crippen molar-refractivity contribution in [2.24, 2.45) is 5.92 Å². The van der Waals surface area contributed by atoms with E-state index in [0.717, 1.165) is 23.3 Å². The highest BCUT2D eigenvalue weighted by Crippen LogP contribution is 2.16. The predicted octanol–water partition coefficient (Wildman–Crippen LogP) is 3.58. The molecular formula is C15H19BrFN3. The van der Waals surface area contributed by atoms with Gasteiger partial charge in [-0.1, -0.05) is 29.8 Å². The van der Waals surface area contributed by atoms with Crippen LogP contribution in [0.25, 0.3) is 0 Å². The molecule has 5 heteroatoms. The summed E-state index contributed by atoms with van der Waals surface area (Å²) in [4.78, 5) is 0. The summed E-state index contributed by atoms with van der Waals surface area (Å²) in [5, 5.41) is 7.79. The van der Waals surface area contributed by atoms with E-state index in [1.54, 1.807) is 16.8 Å². The maximum atomic E-state index is 13.7. The third kappa shape index (κ3) is 4.42. The van der Waals surface area contributed by atoms with Gasteiger partial charge in [0.05, 0.1) is 12.2 Å². The first-order chi connectivity index (χ1) is 9.54. The van der Waals surface area contributed by atoms with E-state index in [0.29, 0.717) is 18.0 Å². The van der Waals surface area contributed by atoms with Crippen molar-refractivity contribution in [2.45, 2.75) is 26.9 Å². The summed E-state index contributed by atoms with van der Waals surface area (Å²) in [6, 6.07) is 6.91. The first-order valence-electron chi connectivity index (χ1n) is 6.71. The van der Waals surface area contributed by atoms with Crippen LogP contribution in [0, 0.1) is 11.7 Å². The number of aromatic nitrogens is 2. The highest BCUT2D eigenvalue weighted by atomic mass is 79.9. The lowest BCUT2D eigenvalue weighted by atomic mass is 10.2. The number of halogens is 2. The smallest absolute Gasteiger partial charge is 0.128 e. The fraction of sp³-hybridized carbons (Fsp3) is 0.400. The molecule has 108 valence electrons. The molecular weight excluding hydrogens is 321 g/mol. The molecule has 1 aromatic heterocycles. The van der Waals surface area contributed by atoms with E-state index in [4.69, 9.17) is 0 Å². The molecule has 0 amide bonds. The fourth-order valence-electron chi connectivity index (χ4n) is 1.91. The van der Waals surface area contributed by atoms with Gasteiger partial charge >= 0.3 is 0 Å². The molecule has 1 N–H and O–H groups in total. The summed E-state index contributed by atoms with van der Waals surface area (Å²) >= 11 is 3.36. The molecule has 3 nitrogen and oxygen atoms in total. The van der Waals surface area contributed by atoms with Crippen molar-refractivity contribution in [3.63, 3.8) is 0 Å². The number of hydrogen-bond acceptors (Lipinski definition) is 2. The van der Waals surface area contributed by atoms with Crippen LogP contribution in [-0.2, 0) is 13.1 Å². The van der Waals surface area contributed by atoms with Crippen LogP contribution in [0.1, 0.15) is 25.1 Å². The van der Waals surface area contributed by atoms with Crippen molar-refractivity contribution in [1.29, 1.82) is 0 Å². The summed E-state index contributed by atoms with van der Waals surface area (Å²) in [6.07, 6.45) is 1.88. The Hall–Kier alpha value is -1.20. The molecule has 20 heavy (non-hydrogen) atoms. The topological polar surface area (TPSA) is 29.9 Å². The lowest BCUT2D eigenvalue weighted by Gasteiger charge is -2.06. The Balaban J connectivity index is 1.97. The Morgan fingerprint density at radius 3 is 2.90 bits per heavy atom. The maximum absolute atomic E-state index is 13.7. The zero-order valence-corrected chi connectivity index (χ0v) is 13.3. The van der Waals surface area contributed by atoms with Crippen LogP contribution in [0.5, 0.6) is 0 Å². The van der Waals surface area contributed by atoms with Gasteiger partial charge in [0.15, 0.2) is 0 Å². The van der Waals surface area contributed by atoms with Crippen LogP contribution in [0.15, 0.2) is 34.9 Å². The van der Waals surface area contributed by atoms with Crippen molar-refractivity contribution >= 4 is 15.9 Å². The number of rotatable bonds is 6. The zero-order valence-electron chi connectivity index (χ0n) is 11.7. The molecule has 0 unspecified atom stereocenters. The Bertz CT molecular complexity index is 566. The second-order valence-electron chi connectivity index (χ2n) is 5.27. The summed E-state index contributed by atoms with van der Waals surface area (Å²) in [5.41, 5.74) is 1.60. The summed E-state index contributed by atoms with van der Waals surface area (Å²) in [5.74, 6) is 0.413. The summed E-state index contributed by atoms with van der Waals surface area (Å²) < 4.78 is 16.3. The van der Waals surface area contributed by atoms with Gasteiger partial charge in [0.25, 0.3) is 0 Å². The average Bonchev–Trinajstić information content (AvgIpc) is 2.81. The van der Waals surface area contributed by atoms with Crippen LogP contribution in [-0.4, -0.2) is 16.3 Å². The molecule has 0 aliphatic carbocycles. The molecule has 0 bridgehead atoms. The minimum Gasteiger partial charge on any atom is -0.311 e. The van der Waals surface area contributed by atoms with Crippen molar-refractivity contribution in [2.75, 3.05) is 6.54 Å². The van der Waals surface area contributed by atoms with E-state index in [2.05, 4.69) is 40.2 Å². The Morgan fingerprint density at radius 1 is 1.35 bits per heavy atom.